The van der Waals surface area contributed by atoms with Crippen LogP contribution < -0.4 is 10.6 Å². The van der Waals surface area contributed by atoms with Crippen LogP contribution in [0.4, 0.5) is 26.0 Å². The quantitative estimate of drug-likeness (QED) is 0.730. The number of nitrogens with zero attached hydrogens (tertiary/aromatic N) is 2. The molecule has 1 amide bonds. The second-order valence-corrected chi connectivity index (χ2v) is 5.76. The molecular formula is C19H16F2N4O. The summed E-state index contributed by atoms with van der Waals surface area (Å²) in [5.41, 5.74) is 2.52. The number of hydrogen-bond donors (Lipinski definition) is 2. The highest BCUT2D eigenvalue weighted by molar-refractivity contribution is 6.03. The Hall–Kier alpha value is -3.35. The van der Waals surface area contributed by atoms with Gasteiger partial charge < -0.3 is 10.6 Å². The summed E-state index contributed by atoms with van der Waals surface area (Å²) in [6.07, 6.45) is 1.15. The van der Waals surface area contributed by atoms with Crippen molar-refractivity contribution in [3.8, 4) is 0 Å². The predicted molar refractivity (Wildman–Crippen MR) is 95.5 cm³/mol. The van der Waals surface area contributed by atoms with Gasteiger partial charge in [0.1, 0.15) is 35.2 Å². The first-order valence-electron chi connectivity index (χ1n) is 7.86. The predicted octanol–water partition coefficient (Wildman–Crippen LogP) is 4.37. The standard InChI is InChI=1S/C19H16F2N4O/c1-11-6-7-13(8-12(11)2)24-19(26)16-9-17(23-10-22-16)25-18-14(20)4-3-5-15(18)21/h3-10H,1-2H3,(H,24,26)(H,22,23,25). The molecule has 3 rings (SSSR count). The maximum Gasteiger partial charge on any atom is 0.274 e. The number of benzene rings is 2. The lowest BCUT2D eigenvalue weighted by atomic mass is 10.1. The van der Waals surface area contributed by atoms with Gasteiger partial charge in [-0.15, -0.1) is 0 Å². The molecule has 0 spiro atoms. The summed E-state index contributed by atoms with van der Waals surface area (Å²) in [6, 6.07) is 10.4. The molecule has 0 unspecified atom stereocenters. The minimum atomic E-state index is -0.759. The first-order chi connectivity index (χ1) is 12.4. The van der Waals surface area contributed by atoms with Gasteiger partial charge in [0.25, 0.3) is 5.91 Å². The highest BCUT2D eigenvalue weighted by Gasteiger charge is 2.13. The van der Waals surface area contributed by atoms with Crippen molar-refractivity contribution in [2.75, 3.05) is 10.6 Å². The molecule has 26 heavy (non-hydrogen) atoms. The van der Waals surface area contributed by atoms with Crippen molar-refractivity contribution >= 4 is 23.1 Å². The van der Waals surface area contributed by atoms with E-state index in [-0.39, 0.29) is 17.2 Å². The van der Waals surface area contributed by atoms with Gasteiger partial charge in [-0.3, -0.25) is 4.79 Å². The van der Waals surface area contributed by atoms with Crippen LogP contribution in [0.3, 0.4) is 0 Å². The van der Waals surface area contributed by atoms with Crippen molar-refractivity contribution in [1.29, 1.82) is 0 Å². The van der Waals surface area contributed by atoms with Crippen molar-refractivity contribution in [3.63, 3.8) is 0 Å². The van der Waals surface area contributed by atoms with Crippen molar-refractivity contribution in [1.82, 2.24) is 9.97 Å². The molecular weight excluding hydrogens is 338 g/mol. The van der Waals surface area contributed by atoms with Crippen LogP contribution in [0.1, 0.15) is 21.6 Å². The lowest BCUT2D eigenvalue weighted by molar-refractivity contribution is 0.102. The fraction of sp³-hybridized carbons (Fsp3) is 0.105. The van der Waals surface area contributed by atoms with E-state index < -0.39 is 17.5 Å². The molecule has 7 heteroatoms. The lowest BCUT2D eigenvalue weighted by Crippen LogP contribution is -2.14. The second kappa shape index (κ2) is 7.26. The van der Waals surface area contributed by atoms with E-state index in [9.17, 15) is 13.6 Å². The Balaban J connectivity index is 1.80. The summed E-state index contributed by atoms with van der Waals surface area (Å²) in [6.45, 7) is 3.92. The molecule has 0 radical (unpaired) electrons. The second-order valence-electron chi connectivity index (χ2n) is 5.76. The van der Waals surface area contributed by atoms with E-state index in [1.165, 1.54) is 12.1 Å². The van der Waals surface area contributed by atoms with Gasteiger partial charge in [0.2, 0.25) is 0 Å². The number of anilines is 3. The molecule has 0 aliphatic heterocycles. The number of carbonyl (C=O) groups excluding carboxylic acids is 1. The smallest absolute Gasteiger partial charge is 0.274 e. The zero-order chi connectivity index (χ0) is 18.7. The average molecular weight is 354 g/mol. The number of hydrogen-bond acceptors (Lipinski definition) is 4. The Morgan fingerprint density at radius 2 is 1.69 bits per heavy atom. The summed E-state index contributed by atoms with van der Waals surface area (Å²) in [5.74, 6) is -1.86. The third-order valence-corrected chi connectivity index (χ3v) is 3.88. The van der Waals surface area contributed by atoms with Crippen LogP contribution in [-0.2, 0) is 0 Å². The van der Waals surface area contributed by atoms with Crippen LogP contribution in [0.5, 0.6) is 0 Å². The number of halogens is 2. The normalized spacial score (nSPS) is 10.5. The van der Waals surface area contributed by atoms with Gasteiger partial charge in [0, 0.05) is 11.8 Å². The van der Waals surface area contributed by atoms with E-state index in [1.807, 2.05) is 26.0 Å². The highest BCUT2D eigenvalue weighted by Crippen LogP contribution is 2.22. The molecule has 0 saturated heterocycles. The van der Waals surface area contributed by atoms with Gasteiger partial charge >= 0.3 is 0 Å². The molecule has 3 aromatic rings. The monoisotopic (exact) mass is 354 g/mol. The lowest BCUT2D eigenvalue weighted by Gasteiger charge is -2.10. The average Bonchev–Trinajstić information content (AvgIpc) is 2.62. The first kappa shape index (κ1) is 17.5. The summed E-state index contributed by atoms with van der Waals surface area (Å²) in [5, 5.41) is 5.27. The molecule has 0 aliphatic rings. The largest absolute Gasteiger partial charge is 0.335 e. The van der Waals surface area contributed by atoms with Crippen molar-refractivity contribution < 1.29 is 13.6 Å². The third kappa shape index (κ3) is 3.83. The number of rotatable bonds is 4. The number of carbonyl (C=O) groups is 1. The van der Waals surface area contributed by atoms with Crippen molar-refractivity contribution in [3.05, 3.63) is 77.2 Å². The fourth-order valence-electron chi connectivity index (χ4n) is 2.31. The van der Waals surface area contributed by atoms with Crippen LogP contribution >= 0.6 is 0 Å². The summed E-state index contributed by atoms with van der Waals surface area (Å²) in [4.78, 5) is 20.2. The molecule has 0 saturated carbocycles. The van der Waals surface area contributed by atoms with Crippen molar-refractivity contribution in [2.24, 2.45) is 0 Å². The van der Waals surface area contributed by atoms with Gasteiger partial charge in [-0.25, -0.2) is 18.7 Å². The summed E-state index contributed by atoms with van der Waals surface area (Å²) >= 11 is 0. The van der Waals surface area contributed by atoms with Gasteiger partial charge in [-0.05, 0) is 49.2 Å². The van der Waals surface area contributed by atoms with E-state index >= 15 is 0 Å². The van der Waals surface area contributed by atoms with Crippen LogP contribution in [0.25, 0.3) is 0 Å². The Kier molecular flexibility index (Phi) is 4.88. The van der Waals surface area contributed by atoms with Gasteiger partial charge in [0.15, 0.2) is 0 Å². The topological polar surface area (TPSA) is 66.9 Å². The van der Waals surface area contributed by atoms with Gasteiger partial charge in [-0.2, -0.15) is 0 Å². The first-order valence-corrected chi connectivity index (χ1v) is 7.86. The van der Waals surface area contributed by atoms with E-state index in [0.29, 0.717) is 5.69 Å². The van der Waals surface area contributed by atoms with Crippen LogP contribution in [-0.4, -0.2) is 15.9 Å². The van der Waals surface area contributed by atoms with E-state index in [0.717, 1.165) is 29.6 Å². The van der Waals surface area contributed by atoms with Crippen molar-refractivity contribution in [2.45, 2.75) is 13.8 Å². The third-order valence-electron chi connectivity index (χ3n) is 3.88. The van der Waals surface area contributed by atoms with Gasteiger partial charge in [-0.1, -0.05) is 12.1 Å². The SMILES string of the molecule is Cc1ccc(NC(=O)c2cc(Nc3c(F)cccc3F)ncn2)cc1C. The zero-order valence-corrected chi connectivity index (χ0v) is 14.2. The molecule has 5 nitrogen and oxygen atoms in total. The number of amides is 1. The Morgan fingerprint density at radius 1 is 0.962 bits per heavy atom. The minimum Gasteiger partial charge on any atom is -0.335 e. The number of aromatic nitrogens is 2. The van der Waals surface area contributed by atoms with E-state index in [4.69, 9.17) is 0 Å². The van der Waals surface area contributed by atoms with E-state index in [1.54, 1.807) is 6.07 Å². The molecule has 132 valence electrons. The Morgan fingerprint density at radius 3 is 2.38 bits per heavy atom. The van der Waals surface area contributed by atoms with Crippen LogP contribution in [0.2, 0.25) is 0 Å². The minimum absolute atomic E-state index is 0.0671. The molecule has 1 aromatic heterocycles. The van der Waals surface area contributed by atoms with Crippen LogP contribution in [0.15, 0.2) is 48.8 Å². The number of para-hydroxylation sites is 1. The Labute approximate surface area is 149 Å². The molecule has 0 aliphatic carbocycles. The van der Waals surface area contributed by atoms with Crippen LogP contribution in [0, 0.1) is 25.5 Å². The maximum absolute atomic E-state index is 13.7. The summed E-state index contributed by atoms with van der Waals surface area (Å²) < 4.78 is 27.5. The fourth-order valence-corrected chi connectivity index (χ4v) is 2.31. The molecule has 2 N–H and O–H groups in total. The maximum atomic E-state index is 13.7. The molecule has 0 fully saturated rings. The molecule has 1 heterocycles. The number of nitrogens with one attached hydrogen (secondary N) is 2. The molecule has 0 bridgehead atoms. The molecule has 2 aromatic carbocycles. The summed E-state index contributed by atoms with van der Waals surface area (Å²) in [7, 11) is 0. The molecule has 0 atom stereocenters. The zero-order valence-electron chi connectivity index (χ0n) is 14.2. The van der Waals surface area contributed by atoms with Gasteiger partial charge in [0.05, 0.1) is 0 Å². The van der Waals surface area contributed by atoms with E-state index in [2.05, 4.69) is 20.6 Å². The highest BCUT2D eigenvalue weighted by atomic mass is 19.1. The number of aryl methyl sites for hydroxylation is 2. The Bertz CT molecular complexity index is 955.